The Morgan fingerprint density at radius 2 is 2.04 bits per heavy atom. The van der Waals surface area contributed by atoms with Crippen LogP contribution in [0, 0.1) is 0 Å². The highest BCUT2D eigenvalue weighted by Crippen LogP contribution is 2.17. The minimum absolute atomic E-state index is 0.174. The second-order valence-corrected chi connectivity index (χ2v) is 7.03. The topological polar surface area (TPSA) is 83.3 Å². The maximum atomic E-state index is 12.3. The molecule has 0 spiro atoms. The molecule has 4 rings (SSSR count). The molecule has 7 heteroatoms. The van der Waals surface area contributed by atoms with Crippen molar-refractivity contribution in [2.45, 2.75) is 25.1 Å². The van der Waals surface area contributed by atoms with Gasteiger partial charge in [-0.2, -0.15) is 5.10 Å². The van der Waals surface area contributed by atoms with Gasteiger partial charge in [-0.1, -0.05) is 12.1 Å². The fraction of sp³-hybridized carbons (Fsp3) is 0.286. The molecule has 3 heterocycles. The smallest absolute Gasteiger partial charge is 0.251 e. The van der Waals surface area contributed by atoms with E-state index in [0.717, 1.165) is 18.8 Å². The number of carbonyl (C=O) groups excluding carboxylic acids is 1. The van der Waals surface area contributed by atoms with Gasteiger partial charge in [0, 0.05) is 50.0 Å². The van der Waals surface area contributed by atoms with Crippen LogP contribution in [0.3, 0.4) is 0 Å². The van der Waals surface area contributed by atoms with Crippen LogP contribution in [0.15, 0.2) is 67.3 Å². The number of nitrogens with one attached hydrogen (secondary N) is 1. The predicted molar refractivity (Wildman–Crippen MR) is 105 cm³/mol. The molecule has 1 amide bonds. The van der Waals surface area contributed by atoms with E-state index in [9.17, 15) is 9.90 Å². The second kappa shape index (κ2) is 8.33. The van der Waals surface area contributed by atoms with Gasteiger partial charge in [-0.05, 0) is 42.3 Å². The first kappa shape index (κ1) is 18.3. The molecule has 144 valence electrons. The first-order chi connectivity index (χ1) is 13.7. The zero-order valence-corrected chi connectivity index (χ0v) is 15.5. The molecule has 7 nitrogen and oxygen atoms in total. The van der Waals surface area contributed by atoms with Gasteiger partial charge in [-0.25, -0.2) is 4.68 Å². The molecule has 2 aromatic heterocycles. The lowest BCUT2D eigenvalue weighted by atomic mass is 10.0. The largest absolute Gasteiger partial charge is 0.390 e. The average molecular weight is 377 g/mol. The van der Waals surface area contributed by atoms with E-state index >= 15 is 0 Å². The van der Waals surface area contributed by atoms with Gasteiger partial charge in [0.1, 0.15) is 0 Å². The third-order valence-electron chi connectivity index (χ3n) is 5.01. The lowest BCUT2D eigenvalue weighted by Gasteiger charge is -2.36. The predicted octanol–water partition coefficient (Wildman–Crippen LogP) is 1.63. The number of carbonyl (C=O) groups is 1. The number of aliphatic hydroxyl groups is 1. The number of amides is 1. The van der Waals surface area contributed by atoms with Gasteiger partial charge in [0.15, 0.2) is 0 Å². The number of benzene rings is 1. The van der Waals surface area contributed by atoms with Crippen molar-refractivity contribution in [3.05, 3.63) is 78.4 Å². The van der Waals surface area contributed by atoms with E-state index in [1.54, 1.807) is 30.7 Å². The summed E-state index contributed by atoms with van der Waals surface area (Å²) in [6.45, 7) is 2.08. The number of piperidine rings is 1. The molecule has 1 saturated heterocycles. The van der Waals surface area contributed by atoms with Crippen molar-refractivity contribution in [3.63, 3.8) is 0 Å². The molecule has 0 radical (unpaired) electrons. The van der Waals surface area contributed by atoms with Crippen LogP contribution in [-0.4, -0.2) is 55.9 Å². The monoisotopic (exact) mass is 377 g/mol. The Morgan fingerprint density at radius 3 is 2.79 bits per heavy atom. The minimum Gasteiger partial charge on any atom is -0.390 e. The summed E-state index contributed by atoms with van der Waals surface area (Å²) in [6.07, 6.45) is 6.95. The Hall–Kier alpha value is -3.03. The highest BCUT2D eigenvalue weighted by atomic mass is 16.3. The second-order valence-electron chi connectivity index (χ2n) is 7.03. The summed E-state index contributed by atoms with van der Waals surface area (Å²) in [6, 6.07) is 13.2. The van der Waals surface area contributed by atoms with E-state index in [1.807, 2.05) is 29.1 Å². The molecular formula is C21H23N5O2. The number of hydrogen-bond acceptors (Lipinski definition) is 5. The van der Waals surface area contributed by atoms with Crippen LogP contribution in [-0.2, 0) is 6.54 Å². The zero-order chi connectivity index (χ0) is 19.3. The summed E-state index contributed by atoms with van der Waals surface area (Å²) in [5, 5.41) is 17.7. The first-order valence-electron chi connectivity index (χ1n) is 9.39. The molecular weight excluding hydrogens is 354 g/mol. The van der Waals surface area contributed by atoms with Crippen molar-refractivity contribution in [2.24, 2.45) is 0 Å². The molecule has 1 aliphatic heterocycles. The van der Waals surface area contributed by atoms with Crippen LogP contribution in [0.5, 0.6) is 0 Å². The Balaban J connectivity index is 1.34. The zero-order valence-electron chi connectivity index (χ0n) is 15.5. The molecule has 2 atom stereocenters. The number of hydrogen-bond donors (Lipinski definition) is 2. The number of aliphatic hydroxyl groups excluding tert-OH is 1. The van der Waals surface area contributed by atoms with Gasteiger partial charge in [-0.15, -0.1) is 0 Å². The lowest BCUT2D eigenvalue weighted by molar-refractivity contribution is 0.0349. The van der Waals surface area contributed by atoms with Crippen LogP contribution < -0.4 is 5.32 Å². The van der Waals surface area contributed by atoms with E-state index in [4.69, 9.17) is 0 Å². The summed E-state index contributed by atoms with van der Waals surface area (Å²) in [7, 11) is 0. The Labute approximate surface area is 163 Å². The van der Waals surface area contributed by atoms with Crippen molar-refractivity contribution < 1.29 is 9.90 Å². The van der Waals surface area contributed by atoms with Crippen molar-refractivity contribution in [3.8, 4) is 5.69 Å². The molecule has 3 aromatic rings. The lowest BCUT2D eigenvalue weighted by Crippen LogP contribution is -2.53. The molecule has 28 heavy (non-hydrogen) atoms. The molecule has 0 unspecified atom stereocenters. The summed E-state index contributed by atoms with van der Waals surface area (Å²) in [4.78, 5) is 18.4. The van der Waals surface area contributed by atoms with Gasteiger partial charge in [0.05, 0.1) is 17.8 Å². The highest BCUT2D eigenvalue weighted by molar-refractivity contribution is 5.94. The van der Waals surface area contributed by atoms with Gasteiger partial charge in [0.25, 0.3) is 5.91 Å². The number of likely N-dealkylation sites (tertiary alicyclic amines) is 1. The third-order valence-corrected chi connectivity index (χ3v) is 5.01. The van der Waals surface area contributed by atoms with Crippen LogP contribution in [0.4, 0.5) is 0 Å². The van der Waals surface area contributed by atoms with Crippen LogP contribution >= 0.6 is 0 Å². The van der Waals surface area contributed by atoms with Crippen molar-refractivity contribution in [1.82, 2.24) is 25.0 Å². The fourth-order valence-electron chi connectivity index (χ4n) is 3.54. The van der Waals surface area contributed by atoms with E-state index in [1.165, 1.54) is 5.56 Å². The van der Waals surface area contributed by atoms with E-state index in [2.05, 4.69) is 32.4 Å². The third kappa shape index (κ3) is 4.27. The van der Waals surface area contributed by atoms with Gasteiger partial charge < -0.3 is 10.4 Å². The van der Waals surface area contributed by atoms with Gasteiger partial charge >= 0.3 is 0 Å². The number of aromatic nitrogens is 3. The molecule has 0 aliphatic carbocycles. The fourth-order valence-corrected chi connectivity index (χ4v) is 3.54. The molecule has 1 aromatic carbocycles. The molecule has 2 N–H and O–H groups in total. The van der Waals surface area contributed by atoms with E-state index in [0.29, 0.717) is 18.5 Å². The summed E-state index contributed by atoms with van der Waals surface area (Å²) < 4.78 is 1.83. The average Bonchev–Trinajstić information content (AvgIpc) is 3.26. The maximum absolute atomic E-state index is 12.3. The van der Waals surface area contributed by atoms with Crippen LogP contribution in [0.2, 0.25) is 0 Å². The normalized spacial score (nSPS) is 20.0. The van der Waals surface area contributed by atoms with Crippen molar-refractivity contribution in [2.75, 3.05) is 13.1 Å². The quantitative estimate of drug-likeness (QED) is 0.706. The minimum atomic E-state index is -0.603. The van der Waals surface area contributed by atoms with Crippen molar-refractivity contribution in [1.29, 1.82) is 0 Å². The van der Waals surface area contributed by atoms with Crippen LogP contribution in [0.1, 0.15) is 22.3 Å². The number of rotatable bonds is 5. The first-order valence-corrected chi connectivity index (χ1v) is 9.39. The van der Waals surface area contributed by atoms with Crippen LogP contribution in [0.25, 0.3) is 5.69 Å². The Bertz CT molecular complexity index is 914. The highest BCUT2D eigenvalue weighted by Gasteiger charge is 2.29. The number of pyridine rings is 1. The Morgan fingerprint density at radius 1 is 1.18 bits per heavy atom. The Kier molecular flexibility index (Phi) is 5.45. The molecule has 1 aliphatic rings. The van der Waals surface area contributed by atoms with E-state index < -0.39 is 6.10 Å². The maximum Gasteiger partial charge on any atom is 0.251 e. The standard InChI is InChI=1S/C21H23N5O2/c27-20-15-25(12-7-19(20)24-21(28)17-5-9-22-10-6-17)14-16-3-1-4-18(13-16)26-11-2-8-23-26/h1-6,8-11,13,19-20,27H,7,12,14-15H2,(H,24,28)/t19-,20-/m1/s1. The molecule has 0 saturated carbocycles. The van der Waals surface area contributed by atoms with Gasteiger partial charge in [0.2, 0.25) is 0 Å². The number of nitrogens with zero attached hydrogens (tertiary/aromatic N) is 4. The van der Waals surface area contributed by atoms with E-state index in [-0.39, 0.29) is 11.9 Å². The molecule has 0 bridgehead atoms. The number of β-amino-alcohol motifs (C(OH)–C–C–N with tert-alkyl or cyclic N) is 1. The summed E-state index contributed by atoms with van der Waals surface area (Å²) in [5.41, 5.74) is 2.74. The van der Waals surface area contributed by atoms with Crippen molar-refractivity contribution >= 4 is 5.91 Å². The molecule has 1 fully saturated rings. The van der Waals surface area contributed by atoms with Gasteiger partial charge in [-0.3, -0.25) is 14.7 Å². The summed E-state index contributed by atoms with van der Waals surface area (Å²) >= 11 is 0. The SMILES string of the molecule is O=C(N[C@@H]1CCN(Cc2cccc(-n3cccn3)c2)C[C@H]1O)c1ccncc1. The summed E-state index contributed by atoms with van der Waals surface area (Å²) in [5.74, 6) is -0.174.